The van der Waals surface area contributed by atoms with Gasteiger partial charge in [-0.05, 0) is 54.0 Å². The third-order valence-electron chi connectivity index (χ3n) is 7.41. The zero-order valence-corrected chi connectivity index (χ0v) is 23.6. The number of aryl methyl sites for hydroxylation is 1. The lowest BCUT2D eigenvalue weighted by Gasteiger charge is -2.09. The SMILES string of the molecule is CCCCCCCc1cnc(-c2ccc(-c3ccc(OCCCCCCCC(C)CC)cc3)cc2)nc1. The molecule has 3 aromatic rings. The molecule has 0 saturated heterocycles. The maximum absolute atomic E-state index is 5.97. The number of hydrogen-bond acceptors (Lipinski definition) is 3. The van der Waals surface area contributed by atoms with Gasteiger partial charge in [-0.1, -0.05) is 121 Å². The summed E-state index contributed by atoms with van der Waals surface area (Å²) >= 11 is 0. The van der Waals surface area contributed by atoms with Gasteiger partial charge in [-0.3, -0.25) is 0 Å². The van der Waals surface area contributed by atoms with Crippen molar-refractivity contribution in [3.63, 3.8) is 0 Å². The molecule has 0 aliphatic heterocycles. The van der Waals surface area contributed by atoms with Crippen LogP contribution in [0.25, 0.3) is 22.5 Å². The van der Waals surface area contributed by atoms with Gasteiger partial charge in [0.1, 0.15) is 5.75 Å². The highest BCUT2D eigenvalue weighted by Gasteiger charge is 2.05. The summed E-state index contributed by atoms with van der Waals surface area (Å²) in [5, 5.41) is 0. The molecule has 1 heterocycles. The van der Waals surface area contributed by atoms with Crippen molar-refractivity contribution in [1.82, 2.24) is 9.97 Å². The zero-order chi connectivity index (χ0) is 26.1. The van der Waals surface area contributed by atoms with Crippen LogP contribution in [-0.4, -0.2) is 16.6 Å². The van der Waals surface area contributed by atoms with Gasteiger partial charge in [0.25, 0.3) is 0 Å². The van der Waals surface area contributed by atoms with E-state index in [0.717, 1.165) is 42.5 Å². The highest BCUT2D eigenvalue weighted by molar-refractivity contribution is 5.68. The number of unbranched alkanes of at least 4 members (excludes halogenated alkanes) is 8. The van der Waals surface area contributed by atoms with Crippen LogP contribution in [0.3, 0.4) is 0 Å². The molecule has 1 atom stereocenters. The molecule has 0 saturated carbocycles. The van der Waals surface area contributed by atoms with E-state index in [1.807, 2.05) is 12.4 Å². The molecule has 37 heavy (non-hydrogen) atoms. The maximum Gasteiger partial charge on any atom is 0.159 e. The Kier molecular flexibility index (Phi) is 13.2. The minimum atomic E-state index is 0.792. The summed E-state index contributed by atoms with van der Waals surface area (Å²) in [6, 6.07) is 17.0. The van der Waals surface area contributed by atoms with E-state index in [1.165, 1.54) is 87.3 Å². The summed E-state index contributed by atoms with van der Waals surface area (Å²) in [5.41, 5.74) is 4.67. The Morgan fingerprint density at radius 3 is 1.89 bits per heavy atom. The molecule has 0 fully saturated rings. The second-order valence-electron chi connectivity index (χ2n) is 10.6. The van der Waals surface area contributed by atoms with Crippen LogP contribution >= 0.6 is 0 Å². The fourth-order valence-corrected chi connectivity index (χ4v) is 4.64. The lowest BCUT2D eigenvalue weighted by molar-refractivity contribution is 0.304. The Hall–Kier alpha value is -2.68. The second kappa shape index (κ2) is 16.9. The number of benzene rings is 2. The molecule has 3 rings (SSSR count). The van der Waals surface area contributed by atoms with Gasteiger partial charge in [-0.2, -0.15) is 0 Å². The van der Waals surface area contributed by atoms with Gasteiger partial charge in [-0.25, -0.2) is 9.97 Å². The third-order valence-corrected chi connectivity index (χ3v) is 7.41. The maximum atomic E-state index is 5.97. The number of hydrogen-bond donors (Lipinski definition) is 0. The molecule has 3 heteroatoms. The van der Waals surface area contributed by atoms with Crippen LogP contribution in [0.1, 0.15) is 103 Å². The summed E-state index contributed by atoms with van der Waals surface area (Å²) < 4.78 is 5.97. The van der Waals surface area contributed by atoms with Crippen LogP contribution in [0.4, 0.5) is 0 Å². The van der Waals surface area contributed by atoms with E-state index in [2.05, 4.69) is 79.3 Å². The molecular weight excluding hydrogens is 452 g/mol. The first-order valence-corrected chi connectivity index (χ1v) is 14.8. The van der Waals surface area contributed by atoms with E-state index in [-0.39, 0.29) is 0 Å². The average Bonchev–Trinajstić information content (AvgIpc) is 2.95. The van der Waals surface area contributed by atoms with Gasteiger partial charge >= 0.3 is 0 Å². The molecule has 1 unspecified atom stereocenters. The smallest absolute Gasteiger partial charge is 0.159 e. The molecule has 0 radical (unpaired) electrons. The van der Waals surface area contributed by atoms with Gasteiger partial charge in [-0.15, -0.1) is 0 Å². The molecule has 2 aromatic carbocycles. The van der Waals surface area contributed by atoms with Crippen LogP contribution in [0.15, 0.2) is 60.9 Å². The molecule has 200 valence electrons. The van der Waals surface area contributed by atoms with Crippen molar-refractivity contribution in [3.8, 4) is 28.3 Å². The Labute approximate surface area is 226 Å². The molecular formula is C34H48N2O. The minimum absolute atomic E-state index is 0.792. The van der Waals surface area contributed by atoms with E-state index in [1.54, 1.807) is 0 Å². The van der Waals surface area contributed by atoms with Crippen LogP contribution in [0.2, 0.25) is 0 Å². The predicted octanol–water partition coefficient (Wildman–Crippen LogP) is 10.1. The standard InChI is InChI=1S/C34H48N2O/c1-4-6-7-9-13-16-29-26-35-34(36-27-29)32-19-17-30(18-20-32)31-21-23-33(24-22-31)37-25-14-11-8-10-12-15-28(3)5-2/h17-24,26-28H,4-16,25H2,1-3H3. The van der Waals surface area contributed by atoms with E-state index in [9.17, 15) is 0 Å². The van der Waals surface area contributed by atoms with Gasteiger partial charge < -0.3 is 4.74 Å². The lowest BCUT2D eigenvalue weighted by Crippen LogP contribution is -1.97. The molecule has 0 aliphatic rings. The van der Waals surface area contributed by atoms with Crippen LogP contribution in [0, 0.1) is 5.92 Å². The normalized spacial score (nSPS) is 12.0. The summed E-state index contributed by atoms with van der Waals surface area (Å²) in [5.74, 6) is 2.63. The van der Waals surface area contributed by atoms with Crippen molar-refractivity contribution in [2.24, 2.45) is 5.92 Å². The molecule has 0 amide bonds. The van der Waals surface area contributed by atoms with Gasteiger partial charge in [0.15, 0.2) is 5.82 Å². The quantitative estimate of drug-likeness (QED) is 0.163. The number of rotatable bonds is 18. The Morgan fingerprint density at radius 2 is 1.22 bits per heavy atom. The fourth-order valence-electron chi connectivity index (χ4n) is 4.64. The Bertz CT molecular complexity index is 980. The first-order valence-electron chi connectivity index (χ1n) is 14.8. The topological polar surface area (TPSA) is 35.0 Å². The number of aromatic nitrogens is 2. The third kappa shape index (κ3) is 10.7. The van der Waals surface area contributed by atoms with Crippen LogP contribution < -0.4 is 4.74 Å². The van der Waals surface area contributed by atoms with Gasteiger partial charge in [0, 0.05) is 18.0 Å². The van der Waals surface area contributed by atoms with Crippen molar-refractivity contribution < 1.29 is 4.74 Å². The van der Waals surface area contributed by atoms with Crippen molar-refractivity contribution in [3.05, 3.63) is 66.5 Å². The first kappa shape index (κ1) is 28.9. The number of ether oxygens (including phenoxy) is 1. The number of nitrogens with zero attached hydrogens (tertiary/aromatic N) is 2. The monoisotopic (exact) mass is 500 g/mol. The van der Waals surface area contributed by atoms with Crippen molar-refractivity contribution in [1.29, 1.82) is 0 Å². The zero-order valence-electron chi connectivity index (χ0n) is 23.6. The van der Waals surface area contributed by atoms with Crippen LogP contribution in [0.5, 0.6) is 5.75 Å². The summed E-state index contributed by atoms with van der Waals surface area (Å²) in [6.07, 6.45) is 20.6. The van der Waals surface area contributed by atoms with E-state index >= 15 is 0 Å². The Morgan fingerprint density at radius 1 is 0.649 bits per heavy atom. The van der Waals surface area contributed by atoms with E-state index in [0.29, 0.717) is 0 Å². The summed E-state index contributed by atoms with van der Waals surface area (Å²) in [7, 11) is 0. The van der Waals surface area contributed by atoms with E-state index < -0.39 is 0 Å². The molecule has 0 spiro atoms. The Balaban J connectivity index is 1.39. The largest absolute Gasteiger partial charge is 0.494 e. The molecule has 0 N–H and O–H groups in total. The highest BCUT2D eigenvalue weighted by Crippen LogP contribution is 2.25. The molecule has 0 aliphatic carbocycles. The van der Waals surface area contributed by atoms with Crippen molar-refractivity contribution in [2.45, 2.75) is 104 Å². The summed E-state index contributed by atoms with van der Waals surface area (Å²) in [4.78, 5) is 9.23. The van der Waals surface area contributed by atoms with E-state index in [4.69, 9.17) is 4.74 Å². The fraction of sp³-hybridized carbons (Fsp3) is 0.529. The van der Waals surface area contributed by atoms with Gasteiger partial charge in [0.2, 0.25) is 0 Å². The molecule has 1 aromatic heterocycles. The minimum Gasteiger partial charge on any atom is -0.494 e. The second-order valence-corrected chi connectivity index (χ2v) is 10.6. The van der Waals surface area contributed by atoms with Crippen LogP contribution in [-0.2, 0) is 6.42 Å². The van der Waals surface area contributed by atoms with Gasteiger partial charge in [0.05, 0.1) is 6.61 Å². The van der Waals surface area contributed by atoms with Crippen molar-refractivity contribution in [2.75, 3.05) is 6.61 Å². The first-order chi connectivity index (χ1) is 18.2. The lowest BCUT2D eigenvalue weighted by atomic mass is 10.0. The molecule has 0 bridgehead atoms. The molecule has 3 nitrogen and oxygen atoms in total. The van der Waals surface area contributed by atoms with Crippen molar-refractivity contribution >= 4 is 0 Å². The highest BCUT2D eigenvalue weighted by atomic mass is 16.5. The average molecular weight is 501 g/mol. The predicted molar refractivity (Wildman–Crippen MR) is 158 cm³/mol. The summed E-state index contributed by atoms with van der Waals surface area (Å²) in [6.45, 7) is 7.71.